The smallest absolute Gasteiger partial charge is 0.418 e. The van der Waals surface area contributed by atoms with E-state index in [-0.39, 0.29) is 63.7 Å². The van der Waals surface area contributed by atoms with Crippen molar-refractivity contribution in [3.63, 3.8) is 0 Å². The van der Waals surface area contributed by atoms with E-state index >= 15 is 0 Å². The van der Waals surface area contributed by atoms with Crippen molar-refractivity contribution in [2.75, 3.05) is 23.4 Å². The number of H-pyrrole nitrogens is 1. The molecular formula is C37H32F3N3O6S2. The van der Waals surface area contributed by atoms with E-state index in [4.69, 9.17) is 9.47 Å². The number of fused-ring (bicyclic) bond motifs is 9. The number of aryl methyl sites for hydroxylation is 1. The molecule has 3 fully saturated rings. The van der Waals surface area contributed by atoms with Gasteiger partial charge in [0.05, 0.1) is 40.4 Å². The molecule has 0 spiro atoms. The van der Waals surface area contributed by atoms with Gasteiger partial charge in [-0.2, -0.15) is 13.2 Å². The van der Waals surface area contributed by atoms with Crippen LogP contribution in [0.25, 0.3) is 0 Å². The van der Waals surface area contributed by atoms with E-state index in [0.29, 0.717) is 11.4 Å². The molecule has 1 saturated heterocycles. The second-order valence-electron chi connectivity index (χ2n) is 13.3. The Kier molecular flexibility index (Phi) is 8.29. The van der Waals surface area contributed by atoms with Gasteiger partial charge in [0.2, 0.25) is 11.8 Å². The van der Waals surface area contributed by atoms with Gasteiger partial charge in [-0.3, -0.25) is 24.1 Å². The zero-order chi connectivity index (χ0) is 35.8. The number of anilines is 2. The molecule has 9 nitrogen and oxygen atoms in total. The highest BCUT2D eigenvalue weighted by molar-refractivity contribution is 8.00. The average molecular weight is 736 g/mol. The molecule has 7 atom stereocenters. The number of aromatic nitrogens is 1. The third-order valence-electron chi connectivity index (χ3n) is 10.5. The highest BCUT2D eigenvalue weighted by Crippen LogP contribution is 2.69. The highest BCUT2D eigenvalue weighted by Gasteiger charge is 2.69. The Morgan fingerprint density at radius 3 is 2.41 bits per heavy atom. The number of benzene rings is 3. The zero-order valence-corrected chi connectivity index (χ0v) is 29.0. The second-order valence-corrected chi connectivity index (χ2v) is 15.5. The van der Waals surface area contributed by atoms with Gasteiger partial charge in [0.15, 0.2) is 18.1 Å². The van der Waals surface area contributed by atoms with Crippen LogP contribution in [0.4, 0.5) is 24.5 Å². The van der Waals surface area contributed by atoms with Gasteiger partial charge in [-0.05, 0) is 80.0 Å². The molecule has 2 aliphatic heterocycles. The summed E-state index contributed by atoms with van der Waals surface area (Å²) in [6.07, 6.45) is -3.91. The lowest BCUT2D eigenvalue weighted by molar-refractivity contribution is -0.137. The number of para-hydroxylation sites is 1. The molecule has 0 radical (unpaired) electrons. The summed E-state index contributed by atoms with van der Waals surface area (Å²) in [6, 6.07) is 17.4. The summed E-state index contributed by atoms with van der Waals surface area (Å²) < 4.78 is 52.1. The molecule has 264 valence electrons. The fourth-order valence-corrected chi connectivity index (χ4v) is 11.5. The largest absolute Gasteiger partial charge is 0.490 e. The molecule has 14 heteroatoms. The molecule has 3 heterocycles. The summed E-state index contributed by atoms with van der Waals surface area (Å²) in [6.45, 7) is 3.44. The first-order valence-electron chi connectivity index (χ1n) is 16.6. The van der Waals surface area contributed by atoms with E-state index in [1.54, 1.807) is 24.8 Å². The number of hydrogen-bond acceptors (Lipinski definition) is 8. The third-order valence-corrected chi connectivity index (χ3v) is 13.1. The van der Waals surface area contributed by atoms with Crippen LogP contribution in [0.3, 0.4) is 0 Å². The monoisotopic (exact) mass is 735 g/mol. The van der Waals surface area contributed by atoms with Gasteiger partial charge >= 0.3 is 11.0 Å². The summed E-state index contributed by atoms with van der Waals surface area (Å²) in [4.78, 5) is 58.4. The lowest BCUT2D eigenvalue weighted by Gasteiger charge is -2.43. The average Bonchev–Trinajstić information content (AvgIpc) is 3.83. The fourth-order valence-electron chi connectivity index (χ4n) is 8.61. The maximum Gasteiger partial charge on any atom is 0.418 e. The van der Waals surface area contributed by atoms with Crippen molar-refractivity contribution in [1.29, 1.82) is 0 Å². The van der Waals surface area contributed by atoms with Crippen LogP contribution in [0.15, 0.2) is 76.6 Å². The predicted molar refractivity (Wildman–Crippen MR) is 185 cm³/mol. The molecule has 2 bridgehead atoms. The van der Waals surface area contributed by atoms with E-state index in [1.165, 1.54) is 23.1 Å². The van der Waals surface area contributed by atoms with Crippen LogP contribution in [0.5, 0.6) is 11.5 Å². The molecule has 3 amide bonds. The van der Waals surface area contributed by atoms with Gasteiger partial charge in [-0.15, -0.1) is 11.8 Å². The number of halogens is 3. The van der Waals surface area contributed by atoms with Crippen molar-refractivity contribution in [1.82, 2.24) is 4.98 Å². The first kappa shape index (κ1) is 33.6. The van der Waals surface area contributed by atoms with Gasteiger partial charge < -0.3 is 19.8 Å². The Morgan fingerprint density at radius 2 is 1.69 bits per heavy atom. The van der Waals surface area contributed by atoms with Crippen LogP contribution >= 0.6 is 23.1 Å². The Balaban J connectivity index is 1.08. The Labute approximate surface area is 298 Å². The van der Waals surface area contributed by atoms with E-state index in [2.05, 4.69) is 10.3 Å². The van der Waals surface area contributed by atoms with Gasteiger partial charge in [-0.1, -0.05) is 47.2 Å². The summed E-state index contributed by atoms with van der Waals surface area (Å²) in [7, 11) is 0. The lowest BCUT2D eigenvalue weighted by atomic mass is 9.68. The minimum Gasteiger partial charge on any atom is -0.490 e. The normalized spacial score (nSPS) is 26.1. The molecule has 2 aliphatic carbocycles. The quantitative estimate of drug-likeness (QED) is 0.190. The van der Waals surface area contributed by atoms with E-state index in [9.17, 15) is 32.3 Å². The number of rotatable bonds is 8. The number of nitrogens with one attached hydrogen (secondary N) is 2. The van der Waals surface area contributed by atoms with Gasteiger partial charge in [0.25, 0.3) is 5.91 Å². The third kappa shape index (κ3) is 5.63. The summed E-state index contributed by atoms with van der Waals surface area (Å²) in [5.74, 6) is -1.90. The van der Waals surface area contributed by atoms with E-state index in [1.807, 2.05) is 43.3 Å². The molecule has 1 aromatic heterocycles. The van der Waals surface area contributed by atoms with Crippen LogP contribution in [0, 0.1) is 36.5 Å². The molecule has 4 aromatic rings. The Bertz CT molecular complexity index is 2110. The number of alkyl halides is 3. The molecule has 4 aliphatic rings. The van der Waals surface area contributed by atoms with Crippen LogP contribution < -0.4 is 24.6 Å². The lowest BCUT2D eigenvalue weighted by Crippen LogP contribution is -2.42. The Morgan fingerprint density at radius 1 is 0.961 bits per heavy atom. The van der Waals surface area contributed by atoms with E-state index < -0.39 is 36.1 Å². The highest BCUT2D eigenvalue weighted by atomic mass is 32.2. The van der Waals surface area contributed by atoms with Crippen molar-refractivity contribution in [3.8, 4) is 11.5 Å². The van der Waals surface area contributed by atoms with Gasteiger partial charge in [-0.25, -0.2) is 0 Å². The maximum absolute atomic E-state index is 14.1. The predicted octanol–water partition coefficient (Wildman–Crippen LogP) is 6.86. The van der Waals surface area contributed by atoms with E-state index in [0.717, 1.165) is 44.9 Å². The van der Waals surface area contributed by atoms with Crippen LogP contribution in [0.1, 0.15) is 40.8 Å². The molecule has 8 rings (SSSR count). The first-order chi connectivity index (χ1) is 24.4. The van der Waals surface area contributed by atoms with Crippen molar-refractivity contribution in [3.05, 3.63) is 98.0 Å². The van der Waals surface area contributed by atoms with Crippen molar-refractivity contribution < 1.29 is 37.0 Å². The summed E-state index contributed by atoms with van der Waals surface area (Å²) in [5.41, 5.74) is 1.10. The number of amides is 3. The number of thioether (sulfide) groups is 1. The molecule has 2 N–H and O–H groups in total. The van der Waals surface area contributed by atoms with Crippen molar-refractivity contribution in [2.45, 2.75) is 42.6 Å². The second kappa shape index (κ2) is 12.6. The van der Waals surface area contributed by atoms with Crippen LogP contribution in [-0.2, 0) is 20.6 Å². The number of hydrogen-bond donors (Lipinski definition) is 2. The van der Waals surface area contributed by atoms with Crippen LogP contribution in [0.2, 0.25) is 0 Å². The molecule has 3 aromatic carbocycles. The topological polar surface area (TPSA) is 118 Å². The minimum absolute atomic E-state index is 0.0107. The fraction of sp³-hybridized carbons (Fsp3) is 0.351. The number of aromatic amines is 1. The molecule has 51 heavy (non-hydrogen) atoms. The molecular weight excluding hydrogens is 704 g/mol. The number of carbonyl (C=O) groups excluding carboxylic acids is 3. The first-order valence-corrected chi connectivity index (χ1v) is 18.3. The molecule has 2 saturated carbocycles. The zero-order valence-electron chi connectivity index (χ0n) is 27.4. The van der Waals surface area contributed by atoms with Crippen LogP contribution in [-0.4, -0.2) is 41.2 Å². The number of thiazole rings is 1. The minimum atomic E-state index is -4.65. The number of carbonyl (C=O) groups is 3. The summed E-state index contributed by atoms with van der Waals surface area (Å²) >= 11 is 2.73. The summed E-state index contributed by atoms with van der Waals surface area (Å²) in [5, 5.41) is 3.04. The molecule has 4 unspecified atom stereocenters. The van der Waals surface area contributed by atoms with Crippen molar-refractivity contribution in [2.24, 2.45) is 29.6 Å². The number of ether oxygens (including phenoxy) is 2. The van der Waals surface area contributed by atoms with Gasteiger partial charge in [0.1, 0.15) is 0 Å². The number of imide groups is 1. The van der Waals surface area contributed by atoms with Gasteiger partial charge in [0, 0.05) is 16.0 Å². The SMILES string of the molecule is CCOc1cc([C@H]2c3sc(=O)[nH]c3SC3C2[C@H]2C[C@@H]3C3C(=O)N(c4ccc(C)cc4)C(=O)C32)ccc1OCC(=O)Nc1ccccc1C(F)(F)F. The number of nitrogens with zero attached hydrogens (tertiary/aromatic N) is 1. The van der Waals surface area contributed by atoms with Crippen molar-refractivity contribution >= 4 is 52.2 Å². The maximum atomic E-state index is 14.1. The standard InChI is InChI=1S/C37H32F3N3O6S2/c1-3-48-25-14-18(10-13-24(25)49-16-26(44)41-23-7-5-4-6-22(23)37(38,39)40)27-28-20-15-21(31(28)50-33-32(27)51-36(47)42-33)30-29(20)34(45)43(35(30)46)19-11-8-17(2)9-12-19/h4-14,20-21,27-31H,3,15-16H2,1-2H3,(H,41,44)(H,42,47)/t20-,21-,27-,28?,29?,30?,31?/m1/s1. The Hall–Kier alpha value is -4.56.